The first-order valence-electron chi connectivity index (χ1n) is 8.37. The van der Waals surface area contributed by atoms with Crippen LogP contribution in [-0.2, 0) is 21.8 Å². The molecule has 1 fully saturated rings. The van der Waals surface area contributed by atoms with Crippen LogP contribution >= 0.6 is 0 Å². The number of anilines is 1. The third-order valence-electron chi connectivity index (χ3n) is 4.53. The Balaban J connectivity index is 1.88. The molecule has 0 bridgehead atoms. The molecule has 0 unspecified atom stereocenters. The quantitative estimate of drug-likeness (QED) is 0.811. The number of sulfonamides is 1. The number of rotatable bonds is 5. The predicted molar refractivity (Wildman–Crippen MR) is 98.8 cm³/mol. The van der Waals surface area contributed by atoms with Crippen molar-refractivity contribution in [2.45, 2.75) is 31.2 Å². The summed E-state index contributed by atoms with van der Waals surface area (Å²) in [6.07, 6.45) is 1.41. The maximum Gasteiger partial charge on any atom is 0.272 e. The Morgan fingerprint density at radius 3 is 2.52 bits per heavy atom. The SMILES string of the molecule is Cc1cc(NC(=O)c2c(C)c(S(=O)(=O)NC3(C)COC3)cn2C)ccc1F. The predicted octanol–water partition coefficient (Wildman–Crippen LogP) is 2.10. The van der Waals surface area contributed by atoms with E-state index in [1.165, 1.54) is 29.0 Å². The highest BCUT2D eigenvalue weighted by Gasteiger charge is 2.39. The first kappa shape index (κ1) is 19.5. The number of nitrogens with one attached hydrogen (secondary N) is 2. The minimum atomic E-state index is -3.81. The van der Waals surface area contributed by atoms with E-state index in [4.69, 9.17) is 4.74 Å². The van der Waals surface area contributed by atoms with E-state index in [-0.39, 0.29) is 16.4 Å². The number of ether oxygens (including phenoxy) is 1. The molecular weight excluding hydrogens is 373 g/mol. The number of amides is 1. The first-order valence-corrected chi connectivity index (χ1v) is 9.86. The van der Waals surface area contributed by atoms with Gasteiger partial charge in [0.15, 0.2) is 0 Å². The van der Waals surface area contributed by atoms with Crippen LogP contribution in [-0.4, -0.2) is 37.6 Å². The number of carbonyl (C=O) groups is 1. The largest absolute Gasteiger partial charge is 0.377 e. The van der Waals surface area contributed by atoms with Gasteiger partial charge in [-0.3, -0.25) is 4.79 Å². The molecule has 9 heteroatoms. The Bertz CT molecular complexity index is 1010. The number of hydrogen-bond donors (Lipinski definition) is 2. The molecule has 1 aliphatic rings. The third kappa shape index (κ3) is 3.76. The first-order chi connectivity index (χ1) is 12.5. The van der Waals surface area contributed by atoms with Crippen molar-refractivity contribution in [1.82, 2.24) is 9.29 Å². The van der Waals surface area contributed by atoms with Crippen molar-refractivity contribution in [2.75, 3.05) is 18.5 Å². The lowest BCUT2D eigenvalue weighted by Gasteiger charge is -2.38. The molecule has 0 radical (unpaired) electrons. The maximum absolute atomic E-state index is 13.4. The molecular formula is C18H22FN3O4S. The van der Waals surface area contributed by atoms with Gasteiger partial charge in [0.05, 0.1) is 18.8 Å². The van der Waals surface area contributed by atoms with Crippen LogP contribution in [0.3, 0.4) is 0 Å². The van der Waals surface area contributed by atoms with E-state index < -0.39 is 21.5 Å². The van der Waals surface area contributed by atoms with E-state index >= 15 is 0 Å². The Morgan fingerprint density at radius 2 is 1.96 bits per heavy atom. The van der Waals surface area contributed by atoms with E-state index in [0.717, 1.165) is 0 Å². The number of aryl methyl sites for hydroxylation is 2. The topological polar surface area (TPSA) is 89.4 Å². The molecule has 1 amide bonds. The second kappa shape index (κ2) is 6.74. The summed E-state index contributed by atoms with van der Waals surface area (Å²) in [5, 5.41) is 2.68. The Labute approximate surface area is 157 Å². The Kier molecular flexibility index (Phi) is 4.87. The van der Waals surface area contributed by atoms with Crippen molar-refractivity contribution in [2.24, 2.45) is 7.05 Å². The van der Waals surface area contributed by atoms with Gasteiger partial charge in [-0.15, -0.1) is 0 Å². The van der Waals surface area contributed by atoms with Gasteiger partial charge in [-0.1, -0.05) is 0 Å². The highest BCUT2D eigenvalue weighted by Crippen LogP contribution is 2.25. The zero-order valence-electron chi connectivity index (χ0n) is 15.6. The second-order valence-electron chi connectivity index (χ2n) is 7.15. The van der Waals surface area contributed by atoms with Crippen molar-refractivity contribution in [3.63, 3.8) is 0 Å². The summed E-state index contributed by atoms with van der Waals surface area (Å²) in [5.74, 6) is -0.836. The molecule has 1 aromatic heterocycles. The average Bonchev–Trinajstić information content (AvgIpc) is 2.84. The van der Waals surface area contributed by atoms with Crippen LogP contribution in [0.5, 0.6) is 0 Å². The van der Waals surface area contributed by atoms with Crippen LogP contribution in [0, 0.1) is 19.7 Å². The van der Waals surface area contributed by atoms with Crippen molar-refractivity contribution in [3.05, 3.63) is 47.0 Å². The van der Waals surface area contributed by atoms with Gasteiger partial charge in [-0.2, -0.15) is 0 Å². The molecule has 146 valence electrons. The number of benzene rings is 1. The van der Waals surface area contributed by atoms with Gasteiger partial charge in [-0.25, -0.2) is 17.5 Å². The van der Waals surface area contributed by atoms with Crippen molar-refractivity contribution >= 4 is 21.6 Å². The monoisotopic (exact) mass is 395 g/mol. The number of aromatic nitrogens is 1. The molecule has 3 rings (SSSR count). The normalized spacial score (nSPS) is 16.0. The molecule has 2 aromatic rings. The lowest BCUT2D eigenvalue weighted by Crippen LogP contribution is -2.59. The molecule has 2 N–H and O–H groups in total. The number of halogens is 1. The molecule has 1 aromatic carbocycles. The van der Waals surface area contributed by atoms with Crippen LogP contribution in [0.25, 0.3) is 0 Å². The van der Waals surface area contributed by atoms with Crippen LogP contribution in [0.2, 0.25) is 0 Å². The van der Waals surface area contributed by atoms with Crippen LogP contribution in [0.4, 0.5) is 10.1 Å². The van der Waals surface area contributed by atoms with Gasteiger partial charge in [0.2, 0.25) is 10.0 Å². The van der Waals surface area contributed by atoms with Crippen LogP contribution < -0.4 is 10.0 Å². The summed E-state index contributed by atoms with van der Waals surface area (Å²) in [6, 6.07) is 4.24. The minimum absolute atomic E-state index is 0.0403. The van der Waals surface area contributed by atoms with E-state index in [0.29, 0.717) is 30.0 Å². The molecule has 2 heterocycles. The van der Waals surface area contributed by atoms with Gasteiger partial charge in [0.1, 0.15) is 16.4 Å². The lowest BCUT2D eigenvalue weighted by atomic mass is 10.0. The van der Waals surface area contributed by atoms with Gasteiger partial charge in [-0.05, 0) is 50.1 Å². The highest BCUT2D eigenvalue weighted by molar-refractivity contribution is 7.89. The van der Waals surface area contributed by atoms with E-state index in [1.807, 2.05) is 0 Å². The summed E-state index contributed by atoms with van der Waals surface area (Å²) in [6.45, 7) is 5.54. The molecule has 0 atom stereocenters. The van der Waals surface area contributed by atoms with Crippen molar-refractivity contribution < 1.29 is 22.3 Å². The van der Waals surface area contributed by atoms with E-state index in [1.54, 1.807) is 27.8 Å². The lowest BCUT2D eigenvalue weighted by molar-refractivity contribution is -0.0523. The zero-order valence-corrected chi connectivity index (χ0v) is 16.4. The van der Waals surface area contributed by atoms with Crippen LogP contribution in [0.1, 0.15) is 28.5 Å². The zero-order chi connectivity index (χ0) is 20.0. The number of carbonyl (C=O) groups excluding carboxylic acids is 1. The van der Waals surface area contributed by atoms with Gasteiger partial charge >= 0.3 is 0 Å². The maximum atomic E-state index is 13.4. The van der Waals surface area contributed by atoms with E-state index in [9.17, 15) is 17.6 Å². The summed E-state index contributed by atoms with van der Waals surface area (Å²) in [5.41, 5.74) is 0.744. The highest BCUT2D eigenvalue weighted by atomic mass is 32.2. The second-order valence-corrected chi connectivity index (χ2v) is 8.81. The fourth-order valence-electron chi connectivity index (χ4n) is 3.08. The Hall–Kier alpha value is -2.23. The molecule has 1 aliphatic heterocycles. The molecule has 0 aliphatic carbocycles. The number of nitrogens with zero attached hydrogens (tertiary/aromatic N) is 1. The average molecular weight is 395 g/mol. The summed E-state index contributed by atoms with van der Waals surface area (Å²) >= 11 is 0. The summed E-state index contributed by atoms with van der Waals surface area (Å²) in [4.78, 5) is 12.7. The van der Waals surface area contributed by atoms with Crippen molar-refractivity contribution in [3.8, 4) is 0 Å². The Morgan fingerprint density at radius 1 is 1.30 bits per heavy atom. The molecule has 27 heavy (non-hydrogen) atoms. The fraction of sp³-hybridized carbons (Fsp3) is 0.389. The summed E-state index contributed by atoms with van der Waals surface area (Å²) < 4.78 is 48.0. The fourth-order valence-corrected chi connectivity index (χ4v) is 4.75. The standard InChI is InChI=1S/C18H22FN3O4S/c1-11-7-13(5-6-14(11)19)20-17(23)16-12(2)15(8-22(16)4)27(24,25)21-18(3)9-26-10-18/h5-8,21H,9-10H2,1-4H3,(H,20,23). The van der Waals surface area contributed by atoms with Crippen molar-refractivity contribution in [1.29, 1.82) is 0 Å². The van der Waals surface area contributed by atoms with Gasteiger partial charge in [0.25, 0.3) is 5.91 Å². The minimum Gasteiger partial charge on any atom is -0.377 e. The van der Waals surface area contributed by atoms with Gasteiger partial charge in [0, 0.05) is 18.9 Å². The van der Waals surface area contributed by atoms with E-state index in [2.05, 4.69) is 10.0 Å². The van der Waals surface area contributed by atoms with Gasteiger partial charge < -0.3 is 14.6 Å². The molecule has 0 spiro atoms. The smallest absolute Gasteiger partial charge is 0.272 e. The number of hydrogen-bond acceptors (Lipinski definition) is 4. The molecule has 0 saturated carbocycles. The summed E-state index contributed by atoms with van der Waals surface area (Å²) in [7, 11) is -2.21. The third-order valence-corrected chi connectivity index (χ3v) is 6.28. The molecule has 1 saturated heterocycles. The molecule has 7 nitrogen and oxygen atoms in total. The van der Waals surface area contributed by atoms with Crippen LogP contribution in [0.15, 0.2) is 29.3 Å².